The van der Waals surface area contributed by atoms with Gasteiger partial charge in [-0.25, -0.2) is 0 Å². The summed E-state index contributed by atoms with van der Waals surface area (Å²) >= 11 is 0. The van der Waals surface area contributed by atoms with Crippen LogP contribution in [-0.4, -0.2) is 70.5 Å². The quantitative estimate of drug-likeness (QED) is 0.259. The molecule has 0 aromatic heterocycles. The lowest BCUT2D eigenvalue weighted by atomic mass is 10.2. The summed E-state index contributed by atoms with van der Waals surface area (Å²) in [7, 11) is 1.68. The van der Waals surface area contributed by atoms with E-state index in [-0.39, 0.29) is 24.0 Å². The normalized spacial score (nSPS) is 15.8. The number of aliphatic imine (C=N–C) groups is 1. The number of halogens is 4. The molecule has 1 aliphatic rings. The van der Waals surface area contributed by atoms with Crippen molar-refractivity contribution in [3.8, 4) is 5.75 Å². The third-order valence-corrected chi connectivity index (χ3v) is 3.89. The van der Waals surface area contributed by atoms with Gasteiger partial charge in [-0.2, -0.15) is 13.2 Å². The first-order chi connectivity index (χ1) is 12.5. The Morgan fingerprint density at radius 3 is 2.37 bits per heavy atom. The van der Waals surface area contributed by atoms with Crippen molar-refractivity contribution >= 4 is 29.9 Å². The largest absolute Gasteiger partial charge is 0.492 e. The van der Waals surface area contributed by atoms with Crippen LogP contribution in [0.3, 0.4) is 0 Å². The smallest absolute Gasteiger partial charge is 0.416 e. The fraction of sp³-hybridized carbons (Fsp3) is 0.588. The van der Waals surface area contributed by atoms with Crippen molar-refractivity contribution in [2.75, 3.05) is 59.6 Å². The van der Waals surface area contributed by atoms with Gasteiger partial charge in [0.05, 0.1) is 25.3 Å². The zero-order chi connectivity index (χ0) is 18.8. The molecule has 0 unspecified atom stereocenters. The second-order valence-electron chi connectivity index (χ2n) is 5.75. The fourth-order valence-corrected chi connectivity index (χ4v) is 2.46. The number of benzene rings is 1. The molecule has 0 atom stereocenters. The molecule has 1 aromatic carbocycles. The molecule has 1 aliphatic heterocycles. The van der Waals surface area contributed by atoms with Crippen LogP contribution < -0.4 is 15.4 Å². The Kier molecular flexibility index (Phi) is 10.8. The van der Waals surface area contributed by atoms with E-state index >= 15 is 0 Å². The Balaban J connectivity index is 0.00000364. The summed E-state index contributed by atoms with van der Waals surface area (Å²) in [6.07, 6.45) is -4.33. The molecule has 27 heavy (non-hydrogen) atoms. The Morgan fingerprint density at radius 2 is 1.78 bits per heavy atom. The number of rotatable bonds is 7. The summed E-state index contributed by atoms with van der Waals surface area (Å²) in [5, 5.41) is 6.32. The maximum Gasteiger partial charge on any atom is 0.416 e. The van der Waals surface area contributed by atoms with E-state index in [1.165, 1.54) is 12.1 Å². The average Bonchev–Trinajstić information content (AvgIpc) is 2.64. The minimum absolute atomic E-state index is 0. The van der Waals surface area contributed by atoms with Gasteiger partial charge in [-0.15, -0.1) is 24.0 Å². The van der Waals surface area contributed by atoms with E-state index < -0.39 is 11.7 Å². The first-order valence-electron chi connectivity index (χ1n) is 8.54. The molecule has 2 N–H and O–H groups in total. The molecule has 1 fully saturated rings. The molecule has 0 bridgehead atoms. The van der Waals surface area contributed by atoms with Crippen molar-refractivity contribution in [1.82, 2.24) is 15.5 Å². The lowest BCUT2D eigenvalue weighted by Crippen LogP contribution is -2.45. The van der Waals surface area contributed by atoms with E-state index in [0.717, 1.165) is 51.5 Å². The van der Waals surface area contributed by atoms with E-state index in [1.54, 1.807) is 7.05 Å². The van der Waals surface area contributed by atoms with Gasteiger partial charge in [0.1, 0.15) is 12.4 Å². The Bertz CT molecular complexity index is 564. The summed E-state index contributed by atoms with van der Waals surface area (Å²) < 4.78 is 48.2. The van der Waals surface area contributed by atoms with Crippen LogP contribution in [0, 0.1) is 0 Å². The number of hydrogen-bond donors (Lipinski definition) is 2. The van der Waals surface area contributed by atoms with Crippen LogP contribution in [0.5, 0.6) is 5.75 Å². The van der Waals surface area contributed by atoms with Gasteiger partial charge in [0, 0.05) is 33.2 Å². The summed E-state index contributed by atoms with van der Waals surface area (Å²) in [6.45, 7) is 5.89. The first-order valence-corrected chi connectivity index (χ1v) is 8.54. The number of nitrogens with zero attached hydrogens (tertiary/aromatic N) is 2. The molecule has 10 heteroatoms. The van der Waals surface area contributed by atoms with Crippen molar-refractivity contribution < 1.29 is 22.6 Å². The molecule has 6 nitrogen and oxygen atoms in total. The molecule has 1 saturated heterocycles. The molecule has 1 heterocycles. The Labute approximate surface area is 174 Å². The number of alkyl halides is 3. The van der Waals surface area contributed by atoms with E-state index in [4.69, 9.17) is 9.47 Å². The predicted molar refractivity (Wildman–Crippen MR) is 109 cm³/mol. The van der Waals surface area contributed by atoms with Crippen LogP contribution in [0.1, 0.15) is 5.56 Å². The molecule has 1 aromatic rings. The summed E-state index contributed by atoms with van der Waals surface area (Å²) in [4.78, 5) is 6.44. The van der Waals surface area contributed by atoms with Gasteiger partial charge in [-0.3, -0.25) is 9.89 Å². The highest BCUT2D eigenvalue weighted by atomic mass is 127. The van der Waals surface area contributed by atoms with Crippen LogP contribution in [0.25, 0.3) is 0 Å². The first kappa shape index (κ1) is 23.8. The Morgan fingerprint density at radius 1 is 1.15 bits per heavy atom. The predicted octanol–water partition coefficient (Wildman–Crippen LogP) is 2.20. The van der Waals surface area contributed by atoms with Crippen LogP contribution in [0.4, 0.5) is 13.2 Å². The number of hydrogen-bond acceptors (Lipinski definition) is 4. The van der Waals surface area contributed by atoms with Gasteiger partial charge in [0.15, 0.2) is 5.96 Å². The van der Waals surface area contributed by atoms with Gasteiger partial charge in [0.25, 0.3) is 0 Å². The van der Waals surface area contributed by atoms with Crippen molar-refractivity contribution in [2.45, 2.75) is 6.18 Å². The summed E-state index contributed by atoms with van der Waals surface area (Å²) in [5.41, 5.74) is -0.687. The lowest BCUT2D eigenvalue weighted by Gasteiger charge is -2.26. The van der Waals surface area contributed by atoms with E-state index in [0.29, 0.717) is 24.9 Å². The maximum absolute atomic E-state index is 12.5. The molecule has 0 aliphatic carbocycles. The number of morpholine rings is 1. The van der Waals surface area contributed by atoms with Gasteiger partial charge in [0.2, 0.25) is 0 Å². The monoisotopic (exact) mass is 502 g/mol. The molecule has 0 saturated carbocycles. The third-order valence-electron chi connectivity index (χ3n) is 3.89. The molecule has 0 spiro atoms. The second kappa shape index (κ2) is 12.2. The van der Waals surface area contributed by atoms with Crippen molar-refractivity contribution in [3.05, 3.63) is 29.8 Å². The highest BCUT2D eigenvalue weighted by Gasteiger charge is 2.29. The van der Waals surface area contributed by atoms with Crippen LogP contribution in [0.15, 0.2) is 29.3 Å². The van der Waals surface area contributed by atoms with Gasteiger partial charge < -0.3 is 20.1 Å². The molecular weight excluding hydrogens is 476 g/mol. The maximum atomic E-state index is 12.5. The topological polar surface area (TPSA) is 58.1 Å². The van der Waals surface area contributed by atoms with Crippen LogP contribution in [0.2, 0.25) is 0 Å². The van der Waals surface area contributed by atoms with Crippen LogP contribution >= 0.6 is 24.0 Å². The van der Waals surface area contributed by atoms with Crippen molar-refractivity contribution in [2.24, 2.45) is 4.99 Å². The van der Waals surface area contributed by atoms with E-state index in [9.17, 15) is 13.2 Å². The van der Waals surface area contributed by atoms with E-state index in [2.05, 4.69) is 20.5 Å². The van der Waals surface area contributed by atoms with E-state index in [1.807, 2.05) is 0 Å². The zero-order valence-electron chi connectivity index (χ0n) is 15.2. The molecular formula is C17H26F3IN4O2. The highest BCUT2D eigenvalue weighted by Crippen LogP contribution is 2.30. The molecule has 0 radical (unpaired) electrons. The Hall–Kier alpha value is -1.27. The fourth-order valence-electron chi connectivity index (χ4n) is 2.46. The standard InChI is InChI=1S/C17H25F3N4O2.HI/c1-21-16(22-6-8-24-9-12-25-13-10-24)23-7-11-26-15-4-2-14(3-5-15)17(18,19)20;/h2-5H,6-13H2,1H3,(H2,21,22,23);1H. The zero-order valence-corrected chi connectivity index (χ0v) is 17.5. The van der Waals surface area contributed by atoms with Crippen molar-refractivity contribution in [1.29, 1.82) is 0 Å². The second-order valence-corrected chi connectivity index (χ2v) is 5.75. The summed E-state index contributed by atoms with van der Waals surface area (Å²) in [5.74, 6) is 1.06. The molecule has 0 amide bonds. The molecule has 154 valence electrons. The minimum atomic E-state index is -4.33. The number of nitrogens with one attached hydrogen (secondary N) is 2. The minimum Gasteiger partial charge on any atom is -0.492 e. The van der Waals surface area contributed by atoms with Gasteiger partial charge in [-0.1, -0.05) is 0 Å². The molecule has 2 rings (SSSR count). The highest BCUT2D eigenvalue weighted by molar-refractivity contribution is 14.0. The summed E-state index contributed by atoms with van der Waals surface area (Å²) in [6, 6.07) is 4.65. The third kappa shape index (κ3) is 8.98. The van der Waals surface area contributed by atoms with Gasteiger partial charge >= 0.3 is 6.18 Å². The van der Waals surface area contributed by atoms with Crippen LogP contribution in [-0.2, 0) is 10.9 Å². The van der Waals surface area contributed by atoms with Gasteiger partial charge in [-0.05, 0) is 24.3 Å². The average molecular weight is 502 g/mol. The number of guanidine groups is 1. The SMILES string of the molecule is CN=C(NCCOc1ccc(C(F)(F)F)cc1)NCCN1CCOCC1.I. The lowest BCUT2D eigenvalue weighted by molar-refractivity contribution is -0.137. The van der Waals surface area contributed by atoms with Crippen molar-refractivity contribution in [3.63, 3.8) is 0 Å². The number of ether oxygens (including phenoxy) is 2.